The molecule has 0 aliphatic heterocycles. The Hall–Kier alpha value is -1.16. The molecule has 2 aromatic carbocycles. The van der Waals surface area contributed by atoms with Gasteiger partial charge in [-0.2, -0.15) is 0 Å². The lowest BCUT2D eigenvalue weighted by molar-refractivity contribution is 0.0685. The molecule has 6 heteroatoms. The minimum atomic E-state index is -0.965. The van der Waals surface area contributed by atoms with Gasteiger partial charge >= 0.3 is 11.9 Å². The molecule has 0 heterocycles. The first kappa shape index (κ1) is 17.2. The maximum absolute atomic E-state index is 11.4. The van der Waals surface area contributed by atoms with E-state index in [9.17, 15) is 14.7 Å². The fourth-order valence-corrected chi connectivity index (χ4v) is 3.87. The Balaban J connectivity index is 2.69. The van der Waals surface area contributed by atoms with Crippen LogP contribution < -0.4 is 0 Å². The number of carboxylic acid groups (broad SMARTS) is 2. The lowest BCUT2D eigenvalue weighted by Crippen LogP contribution is -2.06. The Kier molecular flexibility index (Phi) is 5.10. The van der Waals surface area contributed by atoms with Crippen LogP contribution in [0.5, 0.6) is 0 Å². The van der Waals surface area contributed by atoms with Gasteiger partial charge in [0.15, 0.2) is 0 Å². The van der Waals surface area contributed by atoms with E-state index < -0.39 is 11.9 Å². The van der Waals surface area contributed by atoms with Crippen LogP contribution in [0.2, 0.25) is 0 Å². The van der Waals surface area contributed by atoms with Crippen molar-refractivity contribution in [2.75, 3.05) is 0 Å². The van der Waals surface area contributed by atoms with Gasteiger partial charge in [0.05, 0.1) is 11.1 Å². The Morgan fingerprint density at radius 3 is 2.09 bits per heavy atom. The van der Waals surface area contributed by atoms with E-state index in [0.29, 0.717) is 11.1 Å². The summed E-state index contributed by atoms with van der Waals surface area (Å²) in [6, 6.07) is 6.79. The molecule has 0 atom stereocenters. The van der Waals surface area contributed by atoms with Gasteiger partial charge < -0.3 is 10.2 Å². The Bertz CT molecular complexity index is 797. The van der Waals surface area contributed by atoms with E-state index >= 15 is 0 Å². The highest BCUT2D eigenvalue weighted by Gasteiger charge is 2.19. The smallest absolute Gasteiger partial charge is 0.336 e. The lowest BCUT2D eigenvalue weighted by Gasteiger charge is -2.15. The molecule has 0 saturated heterocycles. The topological polar surface area (TPSA) is 74.6 Å². The molecule has 0 aromatic heterocycles. The number of benzene rings is 2. The van der Waals surface area contributed by atoms with Crippen molar-refractivity contribution in [1.82, 2.24) is 0 Å². The summed E-state index contributed by atoms with van der Waals surface area (Å²) in [5.41, 5.74) is 3.80. The van der Waals surface area contributed by atoms with Crippen molar-refractivity contribution in [3.05, 3.63) is 53.7 Å². The number of carbonyl (C=O) groups is 2. The van der Waals surface area contributed by atoms with Gasteiger partial charge in [0, 0.05) is 7.14 Å². The number of hydrogen-bond acceptors (Lipinski definition) is 2. The molecular formula is C16H12I2O4. The quantitative estimate of drug-likeness (QED) is 0.580. The van der Waals surface area contributed by atoms with E-state index in [0.717, 1.165) is 23.8 Å². The number of rotatable bonds is 3. The standard InChI is InChI=1S/C16H12I2O4/c1-7-5-11(14(18)8(2)13(7)16(21)22)10-4-3-9(15(19)20)6-12(10)17/h3-6H,1-2H3,(H,19,20)(H,21,22). The van der Waals surface area contributed by atoms with Gasteiger partial charge in [-0.25, -0.2) is 9.59 Å². The van der Waals surface area contributed by atoms with Crippen LogP contribution in [-0.2, 0) is 0 Å². The first-order valence-corrected chi connectivity index (χ1v) is 8.46. The zero-order valence-electron chi connectivity index (χ0n) is 11.8. The largest absolute Gasteiger partial charge is 0.478 e. The molecular weight excluding hydrogens is 510 g/mol. The Labute approximate surface area is 154 Å². The summed E-state index contributed by atoms with van der Waals surface area (Å²) in [4.78, 5) is 22.4. The van der Waals surface area contributed by atoms with Crippen molar-refractivity contribution >= 4 is 57.1 Å². The van der Waals surface area contributed by atoms with E-state index in [1.54, 1.807) is 32.0 Å². The maximum atomic E-state index is 11.4. The van der Waals surface area contributed by atoms with Gasteiger partial charge in [-0.15, -0.1) is 0 Å². The second kappa shape index (κ2) is 6.53. The first-order chi connectivity index (χ1) is 10.2. The van der Waals surface area contributed by atoms with Crippen molar-refractivity contribution in [2.24, 2.45) is 0 Å². The summed E-state index contributed by atoms with van der Waals surface area (Å²) in [7, 11) is 0. The fourth-order valence-electron chi connectivity index (χ4n) is 2.35. The highest BCUT2D eigenvalue weighted by atomic mass is 127. The number of halogens is 2. The third-order valence-electron chi connectivity index (χ3n) is 3.42. The molecule has 2 N–H and O–H groups in total. The molecule has 0 fully saturated rings. The van der Waals surface area contributed by atoms with Crippen LogP contribution in [0, 0.1) is 21.0 Å². The third-order valence-corrected chi connectivity index (χ3v) is 5.70. The van der Waals surface area contributed by atoms with E-state index in [1.165, 1.54) is 0 Å². The molecule has 0 radical (unpaired) electrons. The molecule has 0 aliphatic rings. The third kappa shape index (κ3) is 3.12. The molecule has 2 aromatic rings. The zero-order chi connectivity index (χ0) is 16.6. The average molecular weight is 522 g/mol. The zero-order valence-corrected chi connectivity index (χ0v) is 16.1. The second-order valence-corrected chi connectivity index (χ2v) is 7.10. The summed E-state index contributed by atoms with van der Waals surface area (Å²) in [5.74, 6) is -1.90. The lowest BCUT2D eigenvalue weighted by atomic mass is 9.95. The maximum Gasteiger partial charge on any atom is 0.336 e. The fraction of sp³-hybridized carbons (Fsp3) is 0.125. The minimum Gasteiger partial charge on any atom is -0.478 e. The Morgan fingerprint density at radius 2 is 1.59 bits per heavy atom. The summed E-state index contributed by atoms with van der Waals surface area (Å²) < 4.78 is 1.68. The molecule has 0 unspecified atom stereocenters. The number of aromatic carboxylic acids is 2. The van der Waals surface area contributed by atoms with Crippen molar-refractivity contribution in [1.29, 1.82) is 0 Å². The van der Waals surface area contributed by atoms with Crippen LogP contribution in [0.15, 0.2) is 24.3 Å². The predicted molar refractivity (Wildman–Crippen MR) is 101 cm³/mol. The summed E-state index contributed by atoms with van der Waals surface area (Å²) in [6.07, 6.45) is 0. The Morgan fingerprint density at radius 1 is 0.955 bits per heavy atom. The van der Waals surface area contributed by atoms with E-state index in [2.05, 4.69) is 45.2 Å². The van der Waals surface area contributed by atoms with Crippen molar-refractivity contribution in [3.63, 3.8) is 0 Å². The molecule has 2 rings (SSSR count). The minimum absolute atomic E-state index is 0.235. The normalized spacial score (nSPS) is 10.5. The molecule has 22 heavy (non-hydrogen) atoms. The van der Waals surface area contributed by atoms with E-state index in [-0.39, 0.29) is 5.56 Å². The molecule has 4 nitrogen and oxygen atoms in total. The van der Waals surface area contributed by atoms with Crippen LogP contribution >= 0.6 is 45.2 Å². The molecule has 0 amide bonds. The van der Waals surface area contributed by atoms with Crippen molar-refractivity contribution in [2.45, 2.75) is 13.8 Å². The van der Waals surface area contributed by atoms with Gasteiger partial charge in [0.2, 0.25) is 0 Å². The second-order valence-electron chi connectivity index (χ2n) is 4.86. The van der Waals surface area contributed by atoms with E-state index in [1.807, 2.05) is 6.07 Å². The van der Waals surface area contributed by atoms with Crippen LogP contribution in [-0.4, -0.2) is 22.2 Å². The highest BCUT2D eigenvalue weighted by molar-refractivity contribution is 14.1. The average Bonchev–Trinajstić information content (AvgIpc) is 2.42. The number of carboxylic acids is 2. The van der Waals surface area contributed by atoms with Gasteiger partial charge in [-0.1, -0.05) is 6.07 Å². The summed E-state index contributed by atoms with van der Waals surface area (Å²) in [6.45, 7) is 3.56. The summed E-state index contributed by atoms with van der Waals surface area (Å²) in [5, 5.41) is 18.4. The molecule has 0 aliphatic carbocycles. The van der Waals surface area contributed by atoms with E-state index in [4.69, 9.17) is 5.11 Å². The van der Waals surface area contributed by atoms with Crippen LogP contribution in [0.25, 0.3) is 11.1 Å². The monoisotopic (exact) mass is 522 g/mol. The van der Waals surface area contributed by atoms with Crippen LogP contribution in [0.4, 0.5) is 0 Å². The predicted octanol–water partition coefficient (Wildman–Crippen LogP) is 4.58. The molecule has 0 saturated carbocycles. The SMILES string of the molecule is Cc1cc(-c2ccc(C(=O)O)cc2I)c(I)c(C)c1C(=O)O. The van der Waals surface area contributed by atoms with Gasteiger partial charge in [0.25, 0.3) is 0 Å². The van der Waals surface area contributed by atoms with Crippen molar-refractivity contribution in [3.8, 4) is 11.1 Å². The van der Waals surface area contributed by atoms with Gasteiger partial charge in [-0.05, 0) is 99.5 Å². The van der Waals surface area contributed by atoms with Crippen molar-refractivity contribution < 1.29 is 19.8 Å². The summed E-state index contributed by atoms with van der Waals surface area (Å²) >= 11 is 4.24. The molecule has 114 valence electrons. The molecule has 0 spiro atoms. The first-order valence-electron chi connectivity index (χ1n) is 6.30. The number of hydrogen-bond donors (Lipinski definition) is 2. The molecule has 0 bridgehead atoms. The van der Waals surface area contributed by atoms with Gasteiger partial charge in [-0.3, -0.25) is 0 Å². The van der Waals surface area contributed by atoms with Crippen LogP contribution in [0.1, 0.15) is 31.8 Å². The highest BCUT2D eigenvalue weighted by Crippen LogP contribution is 2.34. The van der Waals surface area contributed by atoms with Crippen LogP contribution in [0.3, 0.4) is 0 Å². The number of aryl methyl sites for hydroxylation is 1. The van der Waals surface area contributed by atoms with Gasteiger partial charge in [0.1, 0.15) is 0 Å².